The molecule has 0 saturated heterocycles. The van der Waals surface area contributed by atoms with E-state index in [9.17, 15) is 9.59 Å². The molecule has 0 aliphatic heterocycles. The Labute approximate surface area is 123 Å². The van der Waals surface area contributed by atoms with Gasteiger partial charge in [0.15, 0.2) is 6.61 Å². The van der Waals surface area contributed by atoms with E-state index in [1.807, 2.05) is 18.2 Å². The number of rotatable bonds is 6. The van der Waals surface area contributed by atoms with Crippen LogP contribution in [0.15, 0.2) is 18.2 Å². The Morgan fingerprint density at radius 3 is 2.81 bits per heavy atom. The molecule has 21 heavy (non-hydrogen) atoms. The molecule has 0 radical (unpaired) electrons. The maximum atomic E-state index is 11.9. The number of hydrogen-bond acceptors (Lipinski definition) is 3. The number of hydrogen-bond donors (Lipinski definition) is 1. The van der Waals surface area contributed by atoms with Crippen molar-refractivity contribution in [1.29, 1.82) is 0 Å². The largest absolute Gasteiger partial charge is 0.484 e. The van der Waals surface area contributed by atoms with Gasteiger partial charge in [-0.3, -0.25) is 9.59 Å². The summed E-state index contributed by atoms with van der Waals surface area (Å²) in [6, 6.07) is 5.79. The van der Waals surface area contributed by atoms with Crippen molar-refractivity contribution < 1.29 is 19.4 Å². The number of carbonyl (C=O) groups excluding carboxylic acids is 1. The summed E-state index contributed by atoms with van der Waals surface area (Å²) in [6.07, 6.45) is 8.40. The highest BCUT2D eigenvalue weighted by Gasteiger charge is 2.17. The minimum atomic E-state index is -1.10. The Morgan fingerprint density at radius 2 is 2.10 bits per heavy atom. The lowest BCUT2D eigenvalue weighted by Gasteiger charge is -2.18. The zero-order chi connectivity index (χ0) is 15.2. The minimum absolute atomic E-state index is 0.0430. The van der Waals surface area contributed by atoms with Crippen LogP contribution in [0.3, 0.4) is 0 Å². The van der Waals surface area contributed by atoms with Gasteiger partial charge in [0.2, 0.25) is 0 Å². The van der Waals surface area contributed by atoms with Crippen LogP contribution in [0.4, 0.5) is 0 Å². The molecular formula is C16H17NO4. The van der Waals surface area contributed by atoms with Gasteiger partial charge in [-0.2, -0.15) is 0 Å². The van der Waals surface area contributed by atoms with Gasteiger partial charge in [0.1, 0.15) is 12.3 Å². The predicted octanol–water partition coefficient (Wildman–Crippen LogP) is 1.10. The monoisotopic (exact) mass is 287 g/mol. The molecule has 0 atom stereocenters. The van der Waals surface area contributed by atoms with Crippen LogP contribution in [0, 0.1) is 12.3 Å². The van der Waals surface area contributed by atoms with E-state index in [-0.39, 0.29) is 13.2 Å². The van der Waals surface area contributed by atoms with Gasteiger partial charge in [0.25, 0.3) is 5.91 Å². The van der Waals surface area contributed by atoms with Gasteiger partial charge in [0, 0.05) is 0 Å². The highest BCUT2D eigenvalue weighted by molar-refractivity contribution is 5.82. The van der Waals surface area contributed by atoms with E-state index >= 15 is 0 Å². The van der Waals surface area contributed by atoms with Crippen LogP contribution < -0.4 is 4.74 Å². The maximum Gasteiger partial charge on any atom is 0.323 e. The van der Waals surface area contributed by atoms with Gasteiger partial charge in [0.05, 0.1) is 6.54 Å². The van der Waals surface area contributed by atoms with Gasteiger partial charge in [-0.1, -0.05) is 12.0 Å². The summed E-state index contributed by atoms with van der Waals surface area (Å²) in [4.78, 5) is 23.7. The fourth-order valence-electron chi connectivity index (χ4n) is 2.38. The van der Waals surface area contributed by atoms with E-state index in [1.54, 1.807) is 0 Å². The third kappa shape index (κ3) is 3.99. The molecule has 1 aliphatic carbocycles. The molecule has 0 bridgehead atoms. The second kappa shape index (κ2) is 6.80. The number of aryl methyl sites for hydroxylation is 2. The summed E-state index contributed by atoms with van der Waals surface area (Å²) in [5.41, 5.74) is 2.58. The molecular weight excluding hydrogens is 270 g/mol. The predicted molar refractivity (Wildman–Crippen MR) is 77.0 cm³/mol. The van der Waals surface area contributed by atoms with Gasteiger partial charge in [-0.15, -0.1) is 6.42 Å². The van der Waals surface area contributed by atoms with Gasteiger partial charge in [-0.05, 0) is 42.5 Å². The summed E-state index contributed by atoms with van der Waals surface area (Å²) >= 11 is 0. The van der Waals surface area contributed by atoms with Crippen molar-refractivity contribution in [3.63, 3.8) is 0 Å². The van der Waals surface area contributed by atoms with Crippen LogP contribution in [0.25, 0.3) is 0 Å². The summed E-state index contributed by atoms with van der Waals surface area (Å²) in [6.45, 7) is -0.678. The molecule has 5 heteroatoms. The van der Waals surface area contributed by atoms with E-state index in [0.29, 0.717) is 5.75 Å². The first-order valence-corrected chi connectivity index (χ1v) is 6.78. The molecule has 0 spiro atoms. The number of ether oxygens (including phenoxy) is 1. The SMILES string of the molecule is C#CCN(CC(=O)O)C(=O)COc1ccc2c(c1)CCC2. The van der Waals surface area contributed by atoms with E-state index in [0.717, 1.165) is 24.2 Å². The van der Waals surface area contributed by atoms with Crippen molar-refractivity contribution in [2.45, 2.75) is 19.3 Å². The maximum absolute atomic E-state index is 11.9. The quantitative estimate of drug-likeness (QED) is 0.796. The Kier molecular flexibility index (Phi) is 4.83. The number of fused-ring (bicyclic) bond motifs is 1. The average Bonchev–Trinajstić information content (AvgIpc) is 2.91. The number of terminal acetylenes is 1. The molecule has 0 heterocycles. The summed E-state index contributed by atoms with van der Waals surface area (Å²) in [5.74, 6) is 1.36. The number of carbonyl (C=O) groups is 2. The molecule has 0 unspecified atom stereocenters. The first-order valence-electron chi connectivity index (χ1n) is 6.78. The summed E-state index contributed by atoms with van der Waals surface area (Å²) in [7, 11) is 0. The lowest BCUT2D eigenvalue weighted by Crippen LogP contribution is -2.38. The van der Waals surface area contributed by atoms with Crippen molar-refractivity contribution >= 4 is 11.9 Å². The second-order valence-electron chi connectivity index (χ2n) is 4.92. The number of aliphatic carboxylic acids is 1. The van der Waals surface area contributed by atoms with E-state index < -0.39 is 18.4 Å². The Balaban J connectivity index is 1.93. The molecule has 0 saturated carbocycles. The molecule has 1 aromatic carbocycles. The fourth-order valence-corrected chi connectivity index (χ4v) is 2.38. The summed E-state index contributed by atoms with van der Waals surface area (Å²) < 4.78 is 5.45. The molecule has 0 aromatic heterocycles. The Morgan fingerprint density at radius 1 is 1.33 bits per heavy atom. The number of nitrogens with zero attached hydrogens (tertiary/aromatic N) is 1. The molecule has 1 aliphatic rings. The number of benzene rings is 1. The molecule has 0 fully saturated rings. The minimum Gasteiger partial charge on any atom is -0.484 e. The third-order valence-electron chi connectivity index (χ3n) is 3.39. The first-order chi connectivity index (χ1) is 10.1. The van der Waals surface area contributed by atoms with Gasteiger partial charge < -0.3 is 14.7 Å². The standard InChI is InChI=1S/C16H17NO4/c1-2-8-17(10-16(19)20)15(18)11-21-14-7-6-12-4-3-5-13(12)9-14/h1,6-7,9H,3-5,8,10-11H2,(H,19,20). The van der Waals surface area contributed by atoms with Crippen LogP contribution in [0.5, 0.6) is 5.75 Å². The lowest BCUT2D eigenvalue weighted by atomic mass is 10.1. The van der Waals surface area contributed by atoms with Crippen LogP contribution in [-0.2, 0) is 22.4 Å². The van der Waals surface area contributed by atoms with Crippen molar-refractivity contribution in [2.24, 2.45) is 0 Å². The van der Waals surface area contributed by atoms with Gasteiger partial charge >= 0.3 is 5.97 Å². The number of carboxylic acid groups (broad SMARTS) is 1. The second-order valence-corrected chi connectivity index (χ2v) is 4.92. The normalized spacial score (nSPS) is 12.3. The summed E-state index contributed by atoms with van der Waals surface area (Å²) in [5, 5.41) is 8.75. The highest BCUT2D eigenvalue weighted by atomic mass is 16.5. The van der Waals surface area contributed by atoms with Crippen molar-refractivity contribution in [3.8, 4) is 18.1 Å². The van der Waals surface area contributed by atoms with Crippen LogP contribution in [0.1, 0.15) is 17.5 Å². The topological polar surface area (TPSA) is 66.8 Å². The Hall–Kier alpha value is -2.48. The van der Waals surface area contributed by atoms with E-state index in [1.165, 1.54) is 11.1 Å². The molecule has 110 valence electrons. The van der Waals surface area contributed by atoms with E-state index in [4.69, 9.17) is 16.3 Å². The van der Waals surface area contributed by atoms with Crippen LogP contribution in [0.2, 0.25) is 0 Å². The van der Waals surface area contributed by atoms with Crippen molar-refractivity contribution in [3.05, 3.63) is 29.3 Å². The van der Waals surface area contributed by atoms with E-state index in [2.05, 4.69) is 5.92 Å². The molecule has 2 rings (SSSR count). The fraction of sp³-hybridized carbons (Fsp3) is 0.375. The highest BCUT2D eigenvalue weighted by Crippen LogP contribution is 2.25. The molecule has 5 nitrogen and oxygen atoms in total. The number of carboxylic acids is 1. The smallest absolute Gasteiger partial charge is 0.323 e. The van der Waals surface area contributed by atoms with Crippen molar-refractivity contribution in [2.75, 3.05) is 19.7 Å². The zero-order valence-corrected chi connectivity index (χ0v) is 11.7. The van der Waals surface area contributed by atoms with Crippen LogP contribution in [-0.4, -0.2) is 41.6 Å². The average molecular weight is 287 g/mol. The molecule has 1 aromatic rings. The third-order valence-corrected chi connectivity index (χ3v) is 3.39. The lowest BCUT2D eigenvalue weighted by molar-refractivity contribution is -0.144. The Bertz CT molecular complexity index is 588. The van der Waals surface area contributed by atoms with Gasteiger partial charge in [-0.25, -0.2) is 0 Å². The molecule has 1 amide bonds. The van der Waals surface area contributed by atoms with Crippen molar-refractivity contribution in [1.82, 2.24) is 4.90 Å². The zero-order valence-electron chi connectivity index (χ0n) is 11.7. The van der Waals surface area contributed by atoms with Crippen LogP contribution >= 0.6 is 0 Å². The number of amides is 1. The first kappa shape index (κ1) is 14.9. The molecule has 1 N–H and O–H groups in total.